The third-order valence-corrected chi connectivity index (χ3v) is 5.61. The Kier molecular flexibility index (Phi) is 3.50. The van der Waals surface area contributed by atoms with Crippen molar-refractivity contribution in [2.24, 2.45) is 11.3 Å². The van der Waals surface area contributed by atoms with E-state index < -0.39 is 16.8 Å². The van der Waals surface area contributed by atoms with Gasteiger partial charge in [-0.3, -0.25) is 9.59 Å². The molecule has 1 saturated carbocycles. The summed E-state index contributed by atoms with van der Waals surface area (Å²) in [6, 6.07) is 9.72. The van der Waals surface area contributed by atoms with E-state index >= 15 is 0 Å². The third kappa shape index (κ3) is 2.13. The fraction of sp³-hybridized carbons (Fsp3) is 0.556. The van der Waals surface area contributed by atoms with Crippen LogP contribution in [0.3, 0.4) is 0 Å². The molecule has 0 radical (unpaired) electrons. The maximum atomic E-state index is 13.0. The first-order valence-corrected chi connectivity index (χ1v) is 7.96. The standard InChI is InChI=1S/C18H23NO3/c1-17(2,13-7-4-3-5-8-13)15(20)19-11-14-9-6-10-18(14,12-19)16(21)22/h3-5,7-8,14H,6,9-12H2,1-2H3,(H,21,22)/t14-,18+/m0/s1. The van der Waals surface area contributed by atoms with Crippen molar-refractivity contribution in [1.29, 1.82) is 0 Å². The van der Waals surface area contributed by atoms with Gasteiger partial charge in [0.05, 0.1) is 10.8 Å². The molecule has 1 aromatic carbocycles. The molecule has 1 N–H and O–H groups in total. The van der Waals surface area contributed by atoms with Gasteiger partial charge >= 0.3 is 5.97 Å². The zero-order chi connectivity index (χ0) is 16.0. The van der Waals surface area contributed by atoms with Gasteiger partial charge in [0.2, 0.25) is 5.91 Å². The van der Waals surface area contributed by atoms with E-state index in [1.807, 2.05) is 44.2 Å². The van der Waals surface area contributed by atoms with Gasteiger partial charge in [-0.05, 0) is 38.2 Å². The Morgan fingerprint density at radius 2 is 1.95 bits per heavy atom. The summed E-state index contributed by atoms with van der Waals surface area (Å²) in [5, 5.41) is 9.66. The fourth-order valence-electron chi connectivity index (χ4n) is 4.17. The van der Waals surface area contributed by atoms with Gasteiger partial charge < -0.3 is 10.0 Å². The SMILES string of the molecule is CC(C)(C(=O)N1C[C@@H]2CCC[C@@]2(C(=O)O)C1)c1ccccc1. The average molecular weight is 301 g/mol. The molecule has 4 nitrogen and oxygen atoms in total. The zero-order valence-electron chi connectivity index (χ0n) is 13.2. The van der Waals surface area contributed by atoms with Gasteiger partial charge in [0.1, 0.15) is 0 Å². The molecule has 1 amide bonds. The van der Waals surface area contributed by atoms with Crippen molar-refractivity contribution in [3.8, 4) is 0 Å². The maximum Gasteiger partial charge on any atom is 0.311 e. The van der Waals surface area contributed by atoms with Gasteiger partial charge in [-0.25, -0.2) is 0 Å². The topological polar surface area (TPSA) is 57.6 Å². The van der Waals surface area contributed by atoms with Crippen LogP contribution in [0.5, 0.6) is 0 Å². The number of carboxylic acid groups (broad SMARTS) is 1. The van der Waals surface area contributed by atoms with Crippen molar-refractivity contribution in [3.63, 3.8) is 0 Å². The van der Waals surface area contributed by atoms with E-state index in [0.29, 0.717) is 19.5 Å². The minimum Gasteiger partial charge on any atom is -0.481 e. The molecule has 3 rings (SSSR count). The van der Waals surface area contributed by atoms with Crippen LogP contribution in [0.15, 0.2) is 30.3 Å². The highest BCUT2D eigenvalue weighted by molar-refractivity contribution is 5.89. The Bertz CT molecular complexity index is 596. The van der Waals surface area contributed by atoms with Crippen LogP contribution >= 0.6 is 0 Å². The number of carbonyl (C=O) groups excluding carboxylic acids is 1. The molecule has 1 aromatic rings. The average Bonchev–Trinajstić information content (AvgIpc) is 3.05. The number of rotatable bonds is 3. The zero-order valence-corrected chi connectivity index (χ0v) is 13.2. The maximum absolute atomic E-state index is 13.0. The monoisotopic (exact) mass is 301 g/mol. The highest BCUT2D eigenvalue weighted by atomic mass is 16.4. The third-order valence-electron chi connectivity index (χ3n) is 5.61. The van der Waals surface area contributed by atoms with Crippen LogP contribution in [0.2, 0.25) is 0 Å². The lowest BCUT2D eigenvalue weighted by atomic mass is 9.81. The number of aliphatic carboxylic acids is 1. The van der Waals surface area contributed by atoms with Gasteiger partial charge in [-0.2, -0.15) is 0 Å². The number of nitrogens with zero attached hydrogens (tertiary/aromatic N) is 1. The lowest BCUT2D eigenvalue weighted by Crippen LogP contribution is -2.44. The first kappa shape index (κ1) is 15.1. The molecule has 4 heteroatoms. The van der Waals surface area contributed by atoms with E-state index in [2.05, 4.69) is 0 Å². The van der Waals surface area contributed by atoms with Crippen LogP contribution in [0.1, 0.15) is 38.7 Å². The molecule has 1 heterocycles. The number of hydrogen-bond acceptors (Lipinski definition) is 2. The molecule has 2 atom stereocenters. The van der Waals surface area contributed by atoms with Crippen LogP contribution in [0.25, 0.3) is 0 Å². The summed E-state index contributed by atoms with van der Waals surface area (Å²) < 4.78 is 0. The summed E-state index contributed by atoms with van der Waals surface area (Å²) in [7, 11) is 0. The molecule has 0 aromatic heterocycles. The highest BCUT2D eigenvalue weighted by Crippen LogP contribution is 2.49. The number of carboxylic acids is 1. The van der Waals surface area contributed by atoms with Gasteiger partial charge in [-0.1, -0.05) is 36.8 Å². The first-order valence-electron chi connectivity index (χ1n) is 7.96. The van der Waals surface area contributed by atoms with Gasteiger partial charge in [0.25, 0.3) is 0 Å². The van der Waals surface area contributed by atoms with Gasteiger partial charge in [0.15, 0.2) is 0 Å². The summed E-state index contributed by atoms with van der Waals surface area (Å²) >= 11 is 0. The first-order chi connectivity index (χ1) is 10.4. The Balaban J connectivity index is 1.84. The molecule has 118 valence electrons. The largest absolute Gasteiger partial charge is 0.481 e. The highest BCUT2D eigenvalue weighted by Gasteiger charge is 2.56. The minimum absolute atomic E-state index is 0.0359. The van der Waals surface area contributed by atoms with Crippen molar-refractivity contribution >= 4 is 11.9 Å². The normalized spacial score (nSPS) is 27.7. The van der Waals surface area contributed by atoms with Crippen molar-refractivity contribution < 1.29 is 14.7 Å². The Morgan fingerprint density at radius 3 is 2.55 bits per heavy atom. The van der Waals surface area contributed by atoms with Crippen LogP contribution < -0.4 is 0 Å². The number of fused-ring (bicyclic) bond motifs is 1. The molecule has 1 aliphatic heterocycles. The van der Waals surface area contributed by atoms with Crippen LogP contribution in [0, 0.1) is 11.3 Å². The predicted octanol–water partition coefficient (Wildman–Crippen LogP) is 2.68. The van der Waals surface area contributed by atoms with Crippen LogP contribution in [-0.4, -0.2) is 35.0 Å². The Hall–Kier alpha value is -1.84. The van der Waals surface area contributed by atoms with Crippen molar-refractivity contribution in [2.75, 3.05) is 13.1 Å². The van der Waals surface area contributed by atoms with Gasteiger partial charge in [-0.15, -0.1) is 0 Å². The van der Waals surface area contributed by atoms with E-state index in [1.165, 1.54) is 0 Å². The second kappa shape index (κ2) is 5.11. The lowest BCUT2D eigenvalue weighted by molar-refractivity contribution is -0.149. The molecule has 2 aliphatic rings. The summed E-state index contributed by atoms with van der Waals surface area (Å²) in [4.78, 5) is 26.5. The molecule has 0 unspecified atom stereocenters. The fourth-order valence-corrected chi connectivity index (χ4v) is 4.17. The predicted molar refractivity (Wildman–Crippen MR) is 83.5 cm³/mol. The molecular weight excluding hydrogens is 278 g/mol. The molecule has 1 aliphatic carbocycles. The smallest absolute Gasteiger partial charge is 0.311 e. The molecular formula is C18H23NO3. The summed E-state index contributed by atoms with van der Waals surface area (Å²) in [6.07, 6.45) is 2.57. The second-order valence-electron chi connectivity index (χ2n) is 7.23. The molecule has 0 spiro atoms. The molecule has 2 fully saturated rings. The summed E-state index contributed by atoms with van der Waals surface area (Å²) in [5.41, 5.74) is -0.358. The van der Waals surface area contributed by atoms with Crippen molar-refractivity contribution in [2.45, 2.75) is 38.5 Å². The van der Waals surface area contributed by atoms with E-state index in [9.17, 15) is 14.7 Å². The summed E-state index contributed by atoms with van der Waals surface area (Å²) in [5.74, 6) is -0.586. The van der Waals surface area contributed by atoms with E-state index in [4.69, 9.17) is 0 Å². The quantitative estimate of drug-likeness (QED) is 0.934. The number of amides is 1. The number of likely N-dealkylation sites (tertiary alicyclic amines) is 1. The summed E-state index contributed by atoms with van der Waals surface area (Å²) in [6.45, 7) is 4.79. The number of carbonyl (C=O) groups is 2. The van der Waals surface area contributed by atoms with Crippen molar-refractivity contribution in [3.05, 3.63) is 35.9 Å². The number of benzene rings is 1. The molecule has 1 saturated heterocycles. The Morgan fingerprint density at radius 1 is 1.27 bits per heavy atom. The lowest BCUT2D eigenvalue weighted by Gasteiger charge is -2.31. The van der Waals surface area contributed by atoms with E-state index in [1.54, 1.807) is 4.90 Å². The Labute approximate surface area is 131 Å². The van der Waals surface area contributed by atoms with E-state index in [0.717, 1.165) is 18.4 Å². The van der Waals surface area contributed by atoms with Gasteiger partial charge in [0, 0.05) is 13.1 Å². The van der Waals surface area contributed by atoms with Crippen LogP contribution in [-0.2, 0) is 15.0 Å². The minimum atomic E-state index is -0.734. The van der Waals surface area contributed by atoms with E-state index in [-0.39, 0.29) is 11.8 Å². The van der Waals surface area contributed by atoms with Crippen LogP contribution in [0.4, 0.5) is 0 Å². The number of hydrogen-bond donors (Lipinski definition) is 1. The second-order valence-corrected chi connectivity index (χ2v) is 7.23. The molecule has 0 bridgehead atoms. The van der Waals surface area contributed by atoms with Crippen molar-refractivity contribution in [1.82, 2.24) is 4.90 Å². The molecule has 22 heavy (non-hydrogen) atoms.